The lowest BCUT2D eigenvalue weighted by Gasteiger charge is -2.08. The largest absolute Gasteiger partial charge is 0.478 e. The zero-order chi connectivity index (χ0) is 11.5. The Morgan fingerprint density at radius 2 is 2.00 bits per heavy atom. The van der Waals surface area contributed by atoms with Crippen molar-refractivity contribution in [2.45, 2.75) is 6.61 Å². The molecule has 0 amide bonds. The maximum absolute atomic E-state index is 11.3. The number of fused-ring (bicyclic) bond motifs is 1. The number of benzene rings is 2. The van der Waals surface area contributed by atoms with E-state index in [1.165, 1.54) is 0 Å². The second kappa shape index (κ2) is 4.33. The van der Waals surface area contributed by atoms with E-state index in [4.69, 9.17) is 4.74 Å². The molecule has 1 N–H and O–H groups in total. The van der Waals surface area contributed by atoms with Crippen LogP contribution in [0.4, 0.5) is 0 Å². The summed E-state index contributed by atoms with van der Waals surface area (Å²) in [5.41, 5.74) is 1.04. The van der Waals surface area contributed by atoms with Crippen molar-refractivity contribution in [3.63, 3.8) is 0 Å². The van der Waals surface area contributed by atoms with E-state index in [9.17, 15) is 9.90 Å². The Hall–Kier alpha value is -1.87. The van der Waals surface area contributed by atoms with Gasteiger partial charge in [-0.1, -0.05) is 36.4 Å². The fourth-order valence-corrected chi connectivity index (χ4v) is 1.85. The van der Waals surface area contributed by atoms with Gasteiger partial charge in [0.1, 0.15) is 0 Å². The lowest BCUT2D eigenvalue weighted by molar-refractivity contribution is 0.0694. The van der Waals surface area contributed by atoms with Crippen molar-refractivity contribution in [3.8, 4) is 0 Å². The molecule has 16 heavy (non-hydrogen) atoms. The van der Waals surface area contributed by atoms with Gasteiger partial charge in [-0.3, -0.25) is 0 Å². The lowest BCUT2D eigenvalue weighted by Crippen LogP contribution is -2.04. The van der Waals surface area contributed by atoms with E-state index in [2.05, 4.69) is 0 Å². The molecule has 0 saturated carbocycles. The van der Waals surface area contributed by atoms with Gasteiger partial charge in [0.05, 0.1) is 12.2 Å². The molecular formula is C13H12O3. The van der Waals surface area contributed by atoms with Gasteiger partial charge >= 0.3 is 5.97 Å². The van der Waals surface area contributed by atoms with E-state index in [0.717, 1.165) is 10.8 Å². The second-order valence-corrected chi connectivity index (χ2v) is 3.56. The summed E-state index contributed by atoms with van der Waals surface area (Å²) >= 11 is 0. The van der Waals surface area contributed by atoms with Crippen molar-refractivity contribution in [3.05, 3.63) is 47.5 Å². The predicted octanol–water partition coefficient (Wildman–Crippen LogP) is 2.68. The minimum atomic E-state index is -0.913. The van der Waals surface area contributed by atoms with Crippen LogP contribution in [-0.2, 0) is 11.3 Å². The Balaban J connectivity index is 2.73. The van der Waals surface area contributed by atoms with Gasteiger partial charge in [-0.25, -0.2) is 4.79 Å². The summed E-state index contributed by atoms with van der Waals surface area (Å²) in [5, 5.41) is 10.9. The van der Waals surface area contributed by atoms with Crippen LogP contribution < -0.4 is 0 Å². The van der Waals surface area contributed by atoms with Crippen LogP contribution in [0.5, 0.6) is 0 Å². The Kier molecular flexibility index (Phi) is 2.88. The second-order valence-electron chi connectivity index (χ2n) is 3.56. The van der Waals surface area contributed by atoms with Gasteiger partial charge in [0, 0.05) is 7.11 Å². The van der Waals surface area contributed by atoms with Gasteiger partial charge in [-0.15, -0.1) is 0 Å². The molecule has 0 bridgehead atoms. The number of hydrogen-bond donors (Lipinski definition) is 1. The molecule has 0 aliphatic rings. The average Bonchev–Trinajstić information content (AvgIpc) is 2.28. The van der Waals surface area contributed by atoms with Gasteiger partial charge in [0.15, 0.2) is 0 Å². The summed E-state index contributed by atoms with van der Waals surface area (Å²) in [6.45, 7) is 0.312. The quantitative estimate of drug-likeness (QED) is 0.858. The number of aromatic carboxylic acids is 1. The molecule has 0 saturated heterocycles. The SMILES string of the molecule is COCc1ccc2ccccc2c1C(=O)O. The zero-order valence-corrected chi connectivity index (χ0v) is 8.93. The first-order valence-electron chi connectivity index (χ1n) is 4.97. The van der Waals surface area contributed by atoms with E-state index in [0.29, 0.717) is 17.7 Å². The highest BCUT2D eigenvalue weighted by atomic mass is 16.5. The molecule has 0 heterocycles. The summed E-state index contributed by atoms with van der Waals surface area (Å²) < 4.78 is 5.00. The molecule has 3 heteroatoms. The summed E-state index contributed by atoms with van der Waals surface area (Å²) in [6, 6.07) is 11.2. The Labute approximate surface area is 93.3 Å². The maximum Gasteiger partial charge on any atom is 0.336 e. The minimum absolute atomic E-state index is 0.312. The molecule has 2 rings (SSSR count). The average molecular weight is 216 g/mol. The van der Waals surface area contributed by atoms with E-state index in [1.807, 2.05) is 30.3 Å². The molecule has 0 aromatic heterocycles. The van der Waals surface area contributed by atoms with Crippen LogP contribution in [0.1, 0.15) is 15.9 Å². The van der Waals surface area contributed by atoms with Crippen molar-refractivity contribution in [1.82, 2.24) is 0 Å². The number of carboxylic acid groups (broad SMARTS) is 1. The lowest BCUT2D eigenvalue weighted by atomic mass is 9.99. The van der Waals surface area contributed by atoms with Gasteiger partial charge in [0.25, 0.3) is 0 Å². The molecule has 0 radical (unpaired) electrons. The molecular weight excluding hydrogens is 204 g/mol. The molecule has 0 aliphatic carbocycles. The predicted molar refractivity (Wildman–Crippen MR) is 61.6 cm³/mol. The highest BCUT2D eigenvalue weighted by molar-refractivity contribution is 6.05. The third-order valence-corrected chi connectivity index (χ3v) is 2.53. The first-order valence-corrected chi connectivity index (χ1v) is 4.97. The highest BCUT2D eigenvalue weighted by Crippen LogP contribution is 2.23. The van der Waals surface area contributed by atoms with Crippen LogP contribution in [0.25, 0.3) is 10.8 Å². The fourth-order valence-electron chi connectivity index (χ4n) is 1.85. The first-order chi connectivity index (χ1) is 7.74. The number of methoxy groups -OCH3 is 1. The van der Waals surface area contributed by atoms with Crippen molar-refractivity contribution in [1.29, 1.82) is 0 Å². The highest BCUT2D eigenvalue weighted by Gasteiger charge is 2.13. The molecule has 0 unspecified atom stereocenters. The molecule has 3 nitrogen and oxygen atoms in total. The van der Waals surface area contributed by atoms with Crippen molar-refractivity contribution in [2.75, 3.05) is 7.11 Å². The Morgan fingerprint density at radius 3 is 2.69 bits per heavy atom. The fraction of sp³-hybridized carbons (Fsp3) is 0.154. The summed E-state index contributed by atoms with van der Waals surface area (Å²) in [5.74, 6) is -0.913. The van der Waals surface area contributed by atoms with Gasteiger partial charge in [-0.2, -0.15) is 0 Å². The third kappa shape index (κ3) is 1.77. The third-order valence-electron chi connectivity index (χ3n) is 2.53. The molecule has 0 spiro atoms. The number of hydrogen-bond acceptors (Lipinski definition) is 2. The van der Waals surface area contributed by atoms with E-state index in [1.54, 1.807) is 13.2 Å². The van der Waals surface area contributed by atoms with Crippen molar-refractivity contribution in [2.24, 2.45) is 0 Å². The molecule has 0 fully saturated rings. The first kappa shape index (κ1) is 10.6. The molecule has 2 aromatic rings. The van der Waals surface area contributed by atoms with Crippen LogP contribution in [0.2, 0.25) is 0 Å². The summed E-state index contributed by atoms with van der Waals surface area (Å²) in [6.07, 6.45) is 0. The van der Waals surface area contributed by atoms with Crippen LogP contribution in [-0.4, -0.2) is 18.2 Å². The number of rotatable bonds is 3. The summed E-state index contributed by atoms with van der Waals surface area (Å²) in [4.78, 5) is 11.3. The monoisotopic (exact) mass is 216 g/mol. The van der Waals surface area contributed by atoms with Gasteiger partial charge < -0.3 is 9.84 Å². The zero-order valence-electron chi connectivity index (χ0n) is 8.93. The van der Waals surface area contributed by atoms with E-state index < -0.39 is 5.97 Å². The van der Waals surface area contributed by atoms with Gasteiger partial charge in [-0.05, 0) is 16.3 Å². The normalized spacial score (nSPS) is 10.6. The number of carbonyl (C=O) groups is 1. The molecule has 2 aromatic carbocycles. The Bertz CT molecular complexity index is 532. The standard InChI is InChI=1S/C13H12O3/c1-16-8-10-7-6-9-4-2-3-5-11(9)12(10)13(14)15/h2-7H,8H2,1H3,(H,14,15). The number of carboxylic acids is 1. The molecule has 0 atom stereocenters. The van der Waals surface area contributed by atoms with Crippen LogP contribution in [0.15, 0.2) is 36.4 Å². The van der Waals surface area contributed by atoms with E-state index in [-0.39, 0.29) is 0 Å². The van der Waals surface area contributed by atoms with Crippen molar-refractivity contribution >= 4 is 16.7 Å². The van der Waals surface area contributed by atoms with Crippen molar-refractivity contribution < 1.29 is 14.6 Å². The van der Waals surface area contributed by atoms with Crippen LogP contribution in [0.3, 0.4) is 0 Å². The Morgan fingerprint density at radius 1 is 1.25 bits per heavy atom. The molecule has 0 aliphatic heterocycles. The van der Waals surface area contributed by atoms with Gasteiger partial charge in [0.2, 0.25) is 0 Å². The molecule has 82 valence electrons. The van der Waals surface area contributed by atoms with E-state index >= 15 is 0 Å². The number of ether oxygens (including phenoxy) is 1. The smallest absolute Gasteiger partial charge is 0.336 e. The topological polar surface area (TPSA) is 46.5 Å². The maximum atomic E-state index is 11.3. The summed E-state index contributed by atoms with van der Waals surface area (Å²) in [7, 11) is 1.56. The minimum Gasteiger partial charge on any atom is -0.478 e. The van der Waals surface area contributed by atoms with Crippen LogP contribution >= 0.6 is 0 Å². The van der Waals surface area contributed by atoms with Crippen LogP contribution in [0, 0.1) is 0 Å².